The van der Waals surface area contributed by atoms with Crippen molar-refractivity contribution in [3.63, 3.8) is 0 Å². The summed E-state index contributed by atoms with van der Waals surface area (Å²) in [5.41, 5.74) is 0. The van der Waals surface area contributed by atoms with E-state index in [1.165, 1.54) is 0 Å². The second-order valence-corrected chi connectivity index (χ2v) is 6.33. The van der Waals surface area contributed by atoms with Crippen LogP contribution in [0, 0.1) is 17.8 Å². The summed E-state index contributed by atoms with van der Waals surface area (Å²) in [7, 11) is 0. The van der Waals surface area contributed by atoms with Crippen LogP contribution in [0.5, 0.6) is 0 Å². The molecule has 5 nitrogen and oxygen atoms in total. The van der Waals surface area contributed by atoms with E-state index in [1.54, 1.807) is 11.8 Å². The lowest BCUT2D eigenvalue weighted by Crippen LogP contribution is -2.36. The smallest absolute Gasteiger partial charge is 0.307 e. The highest BCUT2D eigenvalue weighted by atomic mass is 32.2. The minimum absolute atomic E-state index is 0.125. The molecule has 110 valence electrons. The van der Waals surface area contributed by atoms with Gasteiger partial charge in [-0.05, 0) is 30.9 Å². The Morgan fingerprint density at radius 2 is 1.95 bits per heavy atom. The topological polar surface area (TPSA) is 86.6 Å². The molecule has 6 heteroatoms. The van der Waals surface area contributed by atoms with Crippen molar-refractivity contribution >= 4 is 23.6 Å². The predicted molar refractivity (Wildman–Crippen MR) is 75.1 cm³/mol. The lowest BCUT2D eigenvalue weighted by molar-refractivity contribution is -0.146. The molecule has 0 saturated heterocycles. The molecule has 0 bridgehead atoms. The molecule has 1 rings (SSSR count). The van der Waals surface area contributed by atoms with Gasteiger partial charge < -0.3 is 15.5 Å². The quantitative estimate of drug-likeness (QED) is 0.580. The van der Waals surface area contributed by atoms with Crippen LogP contribution in [0.2, 0.25) is 0 Å². The average Bonchev–Trinajstić information content (AvgIpc) is 2.76. The van der Waals surface area contributed by atoms with E-state index >= 15 is 0 Å². The maximum atomic E-state index is 12.0. The van der Waals surface area contributed by atoms with Crippen molar-refractivity contribution in [2.45, 2.75) is 26.2 Å². The Kier molecular flexibility index (Phi) is 7.23. The maximum absolute atomic E-state index is 12.0. The molecule has 1 amide bonds. The van der Waals surface area contributed by atoms with E-state index in [2.05, 4.69) is 5.32 Å². The highest BCUT2D eigenvalue weighted by Crippen LogP contribution is 2.36. The number of amides is 1. The van der Waals surface area contributed by atoms with Crippen molar-refractivity contribution in [2.75, 3.05) is 24.7 Å². The molecule has 0 aromatic rings. The Morgan fingerprint density at radius 3 is 2.58 bits per heavy atom. The number of carboxylic acid groups (broad SMARTS) is 1. The summed E-state index contributed by atoms with van der Waals surface area (Å²) in [5.74, 6) is 0.0835. The fraction of sp³-hybridized carbons (Fsp3) is 0.846. The summed E-state index contributed by atoms with van der Waals surface area (Å²) in [4.78, 5) is 23.1. The van der Waals surface area contributed by atoms with Crippen molar-refractivity contribution in [3.8, 4) is 0 Å². The molecule has 3 unspecified atom stereocenters. The summed E-state index contributed by atoms with van der Waals surface area (Å²) in [6, 6.07) is 0. The molecule has 19 heavy (non-hydrogen) atoms. The number of aliphatic carboxylic acids is 1. The van der Waals surface area contributed by atoms with E-state index < -0.39 is 11.9 Å². The second-order valence-electron chi connectivity index (χ2n) is 5.11. The van der Waals surface area contributed by atoms with E-state index in [9.17, 15) is 9.59 Å². The van der Waals surface area contributed by atoms with Gasteiger partial charge in [-0.1, -0.05) is 6.92 Å². The minimum atomic E-state index is -0.859. The number of nitrogens with one attached hydrogen (secondary N) is 1. The summed E-state index contributed by atoms with van der Waals surface area (Å²) in [6.45, 7) is 2.75. The van der Waals surface area contributed by atoms with Gasteiger partial charge in [0, 0.05) is 18.9 Å². The zero-order valence-electron chi connectivity index (χ0n) is 11.3. The largest absolute Gasteiger partial charge is 0.481 e. The molecule has 0 aliphatic heterocycles. The molecule has 1 saturated carbocycles. The Hall–Kier alpha value is -0.750. The molecule has 1 fully saturated rings. The van der Waals surface area contributed by atoms with Crippen LogP contribution in [-0.4, -0.2) is 46.7 Å². The summed E-state index contributed by atoms with van der Waals surface area (Å²) >= 11 is 1.68. The Labute approximate surface area is 118 Å². The normalized spacial score (nSPS) is 26.3. The molecule has 0 spiro atoms. The third-order valence-electron chi connectivity index (χ3n) is 3.44. The van der Waals surface area contributed by atoms with Gasteiger partial charge in [-0.25, -0.2) is 0 Å². The van der Waals surface area contributed by atoms with Gasteiger partial charge in [0.15, 0.2) is 0 Å². The van der Waals surface area contributed by atoms with Crippen molar-refractivity contribution in [1.82, 2.24) is 5.32 Å². The first kappa shape index (κ1) is 16.3. The fourth-order valence-electron chi connectivity index (χ4n) is 2.50. The van der Waals surface area contributed by atoms with Crippen LogP contribution in [0.4, 0.5) is 0 Å². The second kappa shape index (κ2) is 8.43. The number of carbonyl (C=O) groups excluding carboxylic acids is 1. The Balaban J connectivity index is 2.26. The highest BCUT2D eigenvalue weighted by Gasteiger charge is 2.40. The zero-order chi connectivity index (χ0) is 14.3. The van der Waals surface area contributed by atoms with Crippen molar-refractivity contribution in [1.29, 1.82) is 0 Å². The lowest BCUT2D eigenvalue weighted by Gasteiger charge is -2.15. The number of hydrogen-bond acceptors (Lipinski definition) is 4. The summed E-state index contributed by atoms with van der Waals surface area (Å²) < 4.78 is 0. The van der Waals surface area contributed by atoms with Crippen LogP contribution in [0.1, 0.15) is 26.2 Å². The van der Waals surface area contributed by atoms with E-state index in [-0.39, 0.29) is 18.4 Å². The first-order chi connectivity index (χ1) is 9.06. The molecule has 0 heterocycles. The number of carbonyl (C=O) groups is 2. The Bertz CT molecular complexity index is 311. The van der Waals surface area contributed by atoms with E-state index in [4.69, 9.17) is 10.2 Å². The molecule has 3 N–H and O–H groups in total. The third-order valence-corrected chi connectivity index (χ3v) is 4.51. The molecule has 0 aromatic heterocycles. The van der Waals surface area contributed by atoms with Crippen LogP contribution in [0.25, 0.3) is 0 Å². The summed E-state index contributed by atoms with van der Waals surface area (Å²) in [6.07, 6.45) is 2.03. The van der Waals surface area contributed by atoms with Crippen molar-refractivity contribution < 1.29 is 19.8 Å². The van der Waals surface area contributed by atoms with Crippen molar-refractivity contribution in [2.24, 2.45) is 17.8 Å². The molecule has 1 aliphatic carbocycles. The molecule has 0 aromatic carbocycles. The molecule has 3 atom stereocenters. The average molecular weight is 289 g/mol. The van der Waals surface area contributed by atoms with Crippen LogP contribution in [0.15, 0.2) is 0 Å². The van der Waals surface area contributed by atoms with E-state index in [0.29, 0.717) is 25.3 Å². The van der Waals surface area contributed by atoms with Gasteiger partial charge >= 0.3 is 5.97 Å². The molecule has 0 radical (unpaired) electrons. The molecular formula is C13H23NO4S. The standard InChI is InChI=1S/C13H23NO4S/c1-9-7-10(11(8-9)13(17)18)12(16)14-3-6-19-5-2-4-15/h9-11,15H,2-8H2,1H3,(H,14,16)(H,17,18). The SMILES string of the molecule is CC1CC(C(=O)O)C(C(=O)NCCSCCCO)C1. The Morgan fingerprint density at radius 1 is 1.26 bits per heavy atom. The predicted octanol–water partition coefficient (Wildman–Crippen LogP) is 0.965. The van der Waals surface area contributed by atoms with Gasteiger partial charge in [0.25, 0.3) is 0 Å². The number of thioether (sulfide) groups is 1. The van der Waals surface area contributed by atoms with Crippen LogP contribution < -0.4 is 5.32 Å². The van der Waals surface area contributed by atoms with Crippen LogP contribution >= 0.6 is 11.8 Å². The van der Waals surface area contributed by atoms with Gasteiger partial charge in [-0.3, -0.25) is 9.59 Å². The molecular weight excluding hydrogens is 266 g/mol. The zero-order valence-corrected chi connectivity index (χ0v) is 12.1. The van der Waals surface area contributed by atoms with Crippen LogP contribution in [-0.2, 0) is 9.59 Å². The number of hydrogen-bond donors (Lipinski definition) is 3. The van der Waals surface area contributed by atoms with Gasteiger partial charge in [0.2, 0.25) is 5.91 Å². The monoisotopic (exact) mass is 289 g/mol. The number of carboxylic acids is 1. The maximum Gasteiger partial charge on any atom is 0.307 e. The number of aliphatic hydroxyl groups is 1. The van der Waals surface area contributed by atoms with E-state index in [0.717, 1.165) is 17.9 Å². The fourth-order valence-corrected chi connectivity index (χ4v) is 3.28. The van der Waals surface area contributed by atoms with E-state index in [1.807, 2.05) is 6.92 Å². The first-order valence-corrected chi connectivity index (χ1v) is 7.90. The van der Waals surface area contributed by atoms with Gasteiger partial charge in [-0.2, -0.15) is 11.8 Å². The van der Waals surface area contributed by atoms with Crippen molar-refractivity contribution in [3.05, 3.63) is 0 Å². The van der Waals surface area contributed by atoms with Gasteiger partial charge in [-0.15, -0.1) is 0 Å². The molecule has 1 aliphatic rings. The van der Waals surface area contributed by atoms with Crippen LogP contribution in [0.3, 0.4) is 0 Å². The lowest BCUT2D eigenvalue weighted by atomic mass is 9.95. The highest BCUT2D eigenvalue weighted by molar-refractivity contribution is 7.99. The van der Waals surface area contributed by atoms with Gasteiger partial charge in [0.1, 0.15) is 0 Å². The first-order valence-electron chi connectivity index (χ1n) is 6.75. The third kappa shape index (κ3) is 5.40. The number of aliphatic hydroxyl groups excluding tert-OH is 1. The summed E-state index contributed by atoms with van der Waals surface area (Å²) in [5, 5.41) is 20.6. The minimum Gasteiger partial charge on any atom is -0.481 e. The number of rotatable bonds is 8. The van der Waals surface area contributed by atoms with Gasteiger partial charge in [0.05, 0.1) is 11.8 Å².